The molecule has 0 saturated heterocycles. The summed E-state index contributed by atoms with van der Waals surface area (Å²) in [6, 6.07) is 4.59. The predicted octanol–water partition coefficient (Wildman–Crippen LogP) is 0.241. The van der Waals surface area contributed by atoms with E-state index in [1.165, 1.54) is 26.4 Å². The monoisotopic (exact) mass is 292 g/mol. The summed E-state index contributed by atoms with van der Waals surface area (Å²) in [7, 11) is 2.90. The molecule has 0 amide bonds. The zero-order valence-electron chi connectivity index (χ0n) is 11.2. The van der Waals surface area contributed by atoms with E-state index < -0.39 is 22.8 Å². The van der Waals surface area contributed by atoms with Crippen LogP contribution in [0.5, 0.6) is 11.5 Å². The zero-order valence-corrected chi connectivity index (χ0v) is 11.2. The van der Waals surface area contributed by atoms with Crippen LogP contribution in [-0.2, 0) is 0 Å². The minimum absolute atomic E-state index is 0.330. The zero-order chi connectivity index (χ0) is 15.6. The maximum Gasteiger partial charge on any atom is 0.342 e. The quantitative estimate of drug-likeness (QED) is 0.835. The van der Waals surface area contributed by atoms with Crippen molar-refractivity contribution in [2.45, 2.75) is 0 Å². The number of H-pyrrole nitrogens is 1. The molecule has 0 aliphatic rings. The highest BCUT2D eigenvalue weighted by molar-refractivity contribution is 5.86. The minimum Gasteiger partial charge on any atom is -0.493 e. The Hall–Kier alpha value is -3.03. The summed E-state index contributed by atoms with van der Waals surface area (Å²) in [5, 5.41) is 8.93. The number of aromatic nitrogens is 2. The highest BCUT2D eigenvalue weighted by Crippen LogP contribution is 2.28. The van der Waals surface area contributed by atoms with Crippen LogP contribution in [0.3, 0.4) is 0 Å². The molecular formula is C13H12N2O6. The number of carboxylic acids is 1. The van der Waals surface area contributed by atoms with E-state index in [4.69, 9.17) is 14.6 Å². The molecule has 0 aliphatic carbocycles. The van der Waals surface area contributed by atoms with E-state index in [0.717, 1.165) is 10.8 Å². The fourth-order valence-electron chi connectivity index (χ4n) is 1.79. The van der Waals surface area contributed by atoms with Crippen LogP contribution in [-0.4, -0.2) is 34.8 Å². The van der Waals surface area contributed by atoms with Crippen molar-refractivity contribution in [2.24, 2.45) is 0 Å². The largest absolute Gasteiger partial charge is 0.493 e. The summed E-state index contributed by atoms with van der Waals surface area (Å²) in [5.74, 6) is -0.604. The van der Waals surface area contributed by atoms with Crippen LogP contribution in [0.25, 0.3) is 5.69 Å². The SMILES string of the molecule is COc1ccc(-n2cc(C(=O)O)c(=O)[nH]c2=O)cc1OC. The van der Waals surface area contributed by atoms with Gasteiger partial charge >= 0.3 is 11.7 Å². The molecule has 0 radical (unpaired) electrons. The number of carbonyl (C=O) groups is 1. The number of carboxylic acid groups (broad SMARTS) is 1. The van der Waals surface area contributed by atoms with Crippen LogP contribution >= 0.6 is 0 Å². The van der Waals surface area contributed by atoms with Crippen LogP contribution in [0.4, 0.5) is 0 Å². The average Bonchev–Trinajstić information content (AvgIpc) is 2.46. The van der Waals surface area contributed by atoms with Crippen LogP contribution in [0.2, 0.25) is 0 Å². The number of hydrogen-bond acceptors (Lipinski definition) is 5. The van der Waals surface area contributed by atoms with Crippen LogP contribution in [0.15, 0.2) is 34.0 Å². The lowest BCUT2D eigenvalue weighted by molar-refractivity contribution is 0.0694. The second-order valence-corrected chi connectivity index (χ2v) is 4.02. The van der Waals surface area contributed by atoms with Crippen molar-refractivity contribution in [3.63, 3.8) is 0 Å². The molecule has 8 nitrogen and oxygen atoms in total. The van der Waals surface area contributed by atoms with Gasteiger partial charge in [-0.2, -0.15) is 0 Å². The van der Waals surface area contributed by atoms with Gasteiger partial charge in [0, 0.05) is 12.3 Å². The van der Waals surface area contributed by atoms with Crippen molar-refractivity contribution in [3.05, 3.63) is 50.8 Å². The van der Waals surface area contributed by atoms with Gasteiger partial charge in [0.15, 0.2) is 11.5 Å². The first-order chi connectivity index (χ1) is 9.97. The normalized spacial score (nSPS) is 10.2. The molecule has 0 aliphatic heterocycles. The highest BCUT2D eigenvalue weighted by Gasteiger charge is 2.13. The number of benzene rings is 1. The highest BCUT2D eigenvalue weighted by atomic mass is 16.5. The summed E-state index contributed by atoms with van der Waals surface area (Å²) in [6.45, 7) is 0. The standard InChI is InChI=1S/C13H12N2O6/c1-20-9-4-3-7(5-10(9)21-2)15-6-8(12(17)18)11(16)14-13(15)19/h3-6H,1-2H3,(H,17,18)(H,14,16,19). The molecule has 0 atom stereocenters. The number of aromatic amines is 1. The van der Waals surface area contributed by atoms with Crippen LogP contribution in [0.1, 0.15) is 10.4 Å². The summed E-state index contributed by atoms with van der Waals surface area (Å²) >= 11 is 0. The topological polar surface area (TPSA) is 111 Å². The average molecular weight is 292 g/mol. The number of aromatic carboxylic acids is 1. The molecule has 21 heavy (non-hydrogen) atoms. The molecule has 110 valence electrons. The first kappa shape index (κ1) is 14.4. The van der Waals surface area contributed by atoms with E-state index in [1.807, 2.05) is 4.98 Å². The number of methoxy groups -OCH3 is 2. The second-order valence-electron chi connectivity index (χ2n) is 4.02. The van der Waals surface area contributed by atoms with Gasteiger partial charge in [0.25, 0.3) is 5.56 Å². The van der Waals surface area contributed by atoms with Crippen molar-refractivity contribution in [2.75, 3.05) is 14.2 Å². The van der Waals surface area contributed by atoms with Gasteiger partial charge in [0.1, 0.15) is 5.56 Å². The Morgan fingerprint density at radius 2 is 1.86 bits per heavy atom. The molecule has 0 spiro atoms. The summed E-state index contributed by atoms with van der Waals surface area (Å²) in [6.07, 6.45) is 0.963. The first-order valence-electron chi connectivity index (χ1n) is 5.79. The first-order valence-corrected chi connectivity index (χ1v) is 5.79. The molecule has 0 saturated carbocycles. The second kappa shape index (κ2) is 5.53. The molecule has 2 aromatic rings. The lowest BCUT2D eigenvalue weighted by Crippen LogP contribution is -2.32. The third-order valence-electron chi connectivity index (χ3n) is 2.82. The van der Waals surface area contributed by atoms with E-state index in [-0.39, 0.29) is 0 Å². The smallest absolute Gasteiger partial charge is 0.342 e. The van der Waals surface area contributed by atoms with Gasteiger partial charge in [-0.3, -0.25) is 14.3 Å². The molecule has 1 aromatic carbocycles. The minimum atomic E-state index is -1.43. The van der Waals surface area contributed by atoms with Crippen molar-refractivity contribution in [1.82, 2.24) is 9.55 Å². The number of ether oxygens (including phenoxy) is 2. The number of rotatable bonds is 4. The third kappa shape index (κ3) is 2.64. The molecule has 0 bridgehead atoms. The van der Waals surface area contributed by atoms with Crippen molar-refractivity contribution in [3.8, 4) is 17.2 Å². The van der Waals surface area contributed by atoms with Gasteiger partial charge in [-0.25, -0.2) is 9.59 Å². The molecule has 8 heteroatoms. The number of hydrogen-bond donors (Lipinski definition) is 2. The third-order valence-corrected chi connectivity index (χ3v) is 2.82. The molecule has 0 fully saturated rings. The van der Waals surface area contributed by atoms with E-state index in [0.29, 0.717) is 17.2 Å². The van der Waals surface area contributed by atoms with Crippen molar-refractivity contribution in [1.29, 1.82) is 0 Å². The van der Waals surface area contributed by atoms with E-state index >= 15 is 0 Å². The van der Waals surface area contributed by atoms with Gasteiger partial charge in [0.2, 0.25) is 0 Å². The van der Waals surface area contributed by atoms with Gasteiger partial charge in [-0.05, 0) is 12.1 Å². The molecule has 1 aromatic heterocycles. The number of nitrogens with one attached hydrogen (secondary N) is 1. The maximum absolute atomic E-state index is 11.8. The van der Waals surface area contributed by atoms with Crippen LogP contribution < -0.4 is 20.7 Å². The maximum atomic E-state index is 11.8. The lowest BCUT2D eigenvalue weighted by atomic mass is 10.2. The fourth-order valence-corrected chi connectivity index (χ4v) is 1.79. The Balaban J connectivity index is 2.67. The molecule has 2 N–H and O–H groups in total. The van der Waals surface area contributed by atoms with Gasteiger partial charge in [-0.1, -0.05) is 0 Å². The molecule has 1 heterocycles. The molecule has 0 unspecified atom stereocenters. The Morgan fingerprint density at radius 1 is 1.19 bits per heavy atom. The summed E-state index contributed by atoms with van der Waals surface area (Å²) < 4.78 is 11.2. The van der Waals surface area contributed by atoms with Crippen LogP contribution in [0, 0.1) is 0 Å². The van der Waals surface area contributed by atoms with E-state index in [2.05, 4.69) is 0 Å². The summed E-state index contributed by atoms with van der Waals surface area (Å²) in [5.41, 5.74) is -1.91. The molecular weight excluding hydrogens is 280 g/mol. The van der Waals surface area contributed by atoms with Gasteiger partial charge in [0.05, 0.1) is 19.9 Å². The van der Waals surface area contributed by atoms with E-state index in [9.17, 15) is 14.4 Å². The Morgan fingerprint density at radius 3 is 2.43 bits per heavy atom. The van der Waals surface area contributed by atoms with Crippen molar-refractivity contribution < 1.29 is 19.4 Å². The Bertz CT molecular complexity index is 805. The Labute approximate surface area is 118 Å². The fraction of sp³-hybridized carbons (Fsp3) is 0.154. The van der Waals surface area contributed by atoms with Gasteiger partial charge < -0.3 is 14.6 Å². The van der Waals surface area contributed by atoms with E-state index in [1.54, 1.807) is 6.07 Å². The molecule has 2 rings (SSSR count). The van der Waals surface area contributed by atoms with Crippen molar-refractivity contribution >= 4 is 5.97 Å². The number of nitrogens with zero attached hydrogens (tertiary/aromatic N) is 1. The predicted molar refractivity (Wildman–Crippen MR) is 72.7 cm³/mol. The lowest BCUT2D eigenvalue weighted by Gasteiger charge is -2.11. The van der Waals surface area contributed by atoms with Gasteiger partial charge in [-0.15, -0.1) is 0 Å². The summed E-state index contributed by atoms with van der Waals surface area (Å²) in [4.78, 5) is 36.1. The Kier molecular flexibility index (Phi) is 3.79.